The van der Waals surface area contributed by atoms with Crippen LogP contribution >= 0.6 is 23.2 Å². The zero-order valence-corrected chi connectivity index (χ0v) is 16.3. The first-order valence-corrected chi connectivity index (χ1v) is 10.4. The predicted molar refractivity (Wildman–Crippen MR) is 104 cm³/mol. The molecule has 0 heterocycles. The fourth-order valence-corrected chi connectivity index (χ4v) is 2.85. The quantitative estimate of drug-likeness (QED) is 0.719. The van der Waals surface area contributed by atoms with Crippen LogP contribution < -0.4 is 15.4 Å². The summed E-state index contributed by atoms with van der Waals surface area (Å²) in [7, 11) is -3.09. The summed E-state index contributed by atoms with van der Waals surface area (Å²) in [6.07, 6.45) is 1.14. The van der Waals surface area contributed by atoms with Gasteiger partial charge in [0.1, 0.15) is 12.4 Å². The van der Waals surface area contributed by atoms with Gasteiger partial charge in [0, 0.05) is 34.6 Å². The normalized spacial score (nSPS) is 11.0. The molecule has 0 saturated carbocycles. The molecular formula is C17H18Cl2N2O4S. The molecule has 0 aliphatic rings. The maximum atomic E-state index is 12.0. The Kier molecular flexibility index (Phi) is 7.14. The maximum Gasteiger partial charge on any atom is 0.319 e. The van der Waals surface area contributed by atoms with Crippen molar-refractivity contribution >= 4 is 44.8 Å². The molecule has 0 radical (unpaired) electrons. The van der Waals surface area contributed by atoms with Gasteiger partial charge < -0.3 is 15.4 Å². The third-order valence-electron chi connectivity index (χ3n) is 3.27. The summed E-state index contributed by atoms with van der Waals surface area (Å²) in [4.78, 5) is 12.0. The number of urea groups is 1. The Morgan fingerprint density at radius 2 is 1.92 bits per heavy atom. The minimum absolute atomic E-state index is 0.0452. The van der Waals surface area contributed by atoms with Crippen LogP contribution in [0.1, 0.15) is 5.56 Å². The molecule has 0 aromatic heterocycles. The number of ether oxygens (including phenoxy) is 1. The third-order valence-corrected chi connectivity index (χ3v) is 4.76. The topological polar surface area (TPSA) is 84.5 Å². The molecular weight excluding hydrogens is 399 g/mol. The number of hydrogen-bond acceptors (Lipinski definition) is 4. The van der Waals surface area contributed by atoms with Gasteiger partial charge in [-0.05, 0) is 29.8 Å². The van der Waals surface area contributed by atoms with E-state index in [2.05, 4.69) is 10.6 Å². The molecule has 2 rings (SSSR count). The summed E-state index contributed by atoms with van der Waals surface area (Å²) >= 11 is 11.9. The first kappa shape index (κ1) is 20.4. The summed E-state index contributed by atoms with van der Waals surface area (Å²) in [5, 5.41) is 6.36. The molecule has 2 amide bonds. The Labute approximate surface area is 162 Å². The Balaban J connectivity index is 1.87. The molecule has 0 spiro atoms. The van der Waals surface area contributed by atoms with Gasteiger partial charge in [0.25, 0.3) is 0 Å². The van der Waals surface area contributed by atoms with Crippen LogP contribution in [0.25, 0.3) is 0 Å². The smallest absolute Gasteiger partial charge is 0.319 e. The lowest BCUT2D eigenvalue weighted by atomic mass is 10.2. The van der Waals surface area contributed by atoms with Crippen molar-refractivity contribution in [2.75, 3.05) is 23.9 Å². The molecule has 0 aliphatic carbocycles. The van der Waals surface area contributed by atoms with E-state index in [1.807, 2.05) is 0 Å². The van der Waals surface area contributed by atoms with Crippen molar-refractivity contribution < 1.29 is 17.9 Å². The van der Waals surface area contributed by atoms with E-state index in [1.165, 1.54) is 0 Å². The van der Waals surface area contributed by atoms with Crippen LogP contribution in [0.4, 0.5) is 10.5 Å². The molecule has 140 valence electrons. The van der Waals surface area contributed by atoms with Gasteiger partial charge in [0.15, 0.2) is 9.84 Å². The molecule has 2 N–H and O–H groups in total. The number of carbonyl (C=O) groups excluding carboxylic acids is 1. The van der Waals surface area contributed by atoms with E-state index in [4.69, 9.17) is 27.9 Å². The van der Waals surface area contributed by atoms with E-state index in [0.717, 1.165) is 11.8 Å². The minimum Gasteiger partial charge on any atom is -0.492 e. The number of hydrogen-bond donors (Lipinski definition) is 2. The van der Waals surface area contributed by atoms with Gasteiger partial charge in [-0.15, -0.1) is 0 Å². The summed E-state index contributed by atoms with van der Waals surface area (Å²) in [6, 6.07) is 11.3. The standard InChI is InChI=1S/C17H18Cl2N2O4S/c1-26(23,24)8-7-25-15-4-2-3-14(10-15)21-17(22)20-11-12-5-6-13(18)9-16(12)19/h2-6,9-10H,7-8,11H2,1H3,(H2,20,21,22). The number of rotatable bonds is 7. The molecule has 0 bridgehead atoms. The third kappa shape index (κ3) is 7.11. The van der Waals surface area contributed by atoms with Crippen molar-refractivity contribution in [3.8, 4) is 5.75 Å². The monoisotopic (exact) mass is 416 g/mol. The molecule has 0 atom stereocenters. The van der Waals surface area contributed by atoms with Crippen LogP contribution in [0.15, 0.2) is 42.5 Å². The first-order valence-electron chi connectivity index (χ1n) is 7.62. The second-order valence-corrected chi connectivity index (χ2v) is 8.65. The lowest BCUT2D eigenvalue weighted by molar-refractivity contribution is 0.251. The highest BCUT2D eigenvalue weighted by atomic mass is 35.5. The number of anilines is 1. The Hall–Kier alpha value is -1.96. The van der Waals surface area contributed by atoms with Gasteiger partial charge in [-0.3, -0.25) is 0 Å². The van der Waals surface area contributed by atoms with Crippen LogP contribution in [0, 0.1) is 0 Å². The van der Waals surface area contributed by atoms with Crippen molar-refractivity contribution in [3.63, 3.8) is 0 Å². The molecule has 0 saturated heterocycles. The average Bonchev–Trinajstić information content (AvgIpc) is 2.53. The Morgan fingerprint density at radius 1 is 1.15 bits per heavy atom. The van der Waals surface area contributed by atoms with E-state index >= 15 is 0 Å². The summed E-state index contributed by atoms with van der Waals surface area (Å²) in [6.45, 7) is 0.288. The highest BCUT2D eigenvalue weighted by Gasteiger charge is 2.07. The predicted octanol–water partition coefficient (Wildman–Crippen LogP) is 3.74. The lowest BCUT2D eigenvalue weighted by Gasteiger charge is -2.11. The van der Waals surface area contributed by atoms with Crippen molar-refractivity contribution in [3.05, 3.63) is 58.1 Å². The van der Waals surface area contributed by atoms with Crippen molar-refractivity contribution in [2.45, 2.75) is 6.54 Å². The Morgan fingerprint density at radius 3 is 2.62 bits per heavy atom. The van der Waals surface area contributed by atoms with Gasteiger partial charge in [-0.25, -0.2) is 13.2 Å². The zero-order chi connectivity index (χ0) is 19.2. The molecule has 0 fully saturated rings. The number of nitrogens with one attached hydrogen (secondary N) is 2. The number of sulfone groups is 1. The number of carbonyl (C=O) groups is 1. The van der Waals surface area contributed by atoms with E-state index in [-0.39, 0.29) is 18.9 Å². The van der Waals surface area contributed by atoms with E-state index in [1.54, 1.807) is 42.5 Å². The van der Waals surface area contributed by atoms with Gasteiger partial charge in [0.2, 0.25) is 0 Å². The molecule has 2 aromatic carbocycles. The highest BCUT2D eigenvalue weighted by Crippen LogP contribution is 2.21. The van der Waals surface area contributed by atoms with Crippen LogP contribution in [0.2, 0.25) is 10.0 Å². The molecule has 2 aromatic rings. The summed E-state index contributed by atoms with van der Waals surface area (Å²) in [5.41, 5.74) is 1.26. The van der Waals surface area contributed by atoms with E-state index in [9.17, 15) is 13.2 Å². The van der Waals surface area contributed by atoms with Gasteiger partial charge in [0.05, 0.1) is 5.75 Å². The second kappa shape index (κ2) is 9.12. The molecule has 9 heteroatoms. The number of halogens is 2. The van der Waals surface area contributed by atoms with E-state index < -0.39 is 15.9 Å². The van der Waals surface area contributed by atoms with Crippen LogP contribution in [-0.4, -0.2) is 33.1 Å². The van der Waals surface area contributed by atoms with Crippen molar-refractivity contribution in [2.24, 2.45) is 0 Å². The average molecular weight is 417 g/mol. The largest absolute Gasteiger partial charge is 0.492 e. The van der Waals surface area contributed by atoms with Gasteiger partial charge in [-0.1, -0.05) is 35.3 Å². The molecule has 0 aliphatic heterocycles. The van der Waals surface area contributed by atoms with Crippen LogP contribution in [0.3, 0.4) is 0 Å². The second-order valence-electron chi connectivity index (χ2n) is 5.55. The van der Waals surface area contributed by atoms with E-state index in [0.29, 0.717) is 21.5 Å². The molecule has 0 unspecified atom stereocenters. The van der Waals surface area contributed by atoms with Crippen LogP contribution in [0.5, 0.6) is 5.75 Å². The van der Waals surface area contributed by atoms with Crippen LogP contribution in [-0.2, 0) is 16.4 Å². The minimum atomic E-state index is -3.09. The molecule has 6 nitrogen and oxygen atoms in total. The van der Waals surface area contributed by atoms with Crippen molar-refractivity contribution in [1.82, 2.24) is 5.32 Å². The van der Waals surface area contributed by atoms with Crippen molar-refractivity contribution in [1.29, 1.82) is 0 Å². The lowest BCUT2D eigenvalue weighted by Crippen LogP contribution is -2.28. The van der Waals surface area contributed by atoms with Gasteiger partial charge >= 0.3 is 6.03 Å². The van der Waals surface area contributed by atoms with Gasteiger partial charge in [-0.2, -0.15) is 0 Å². The highest BCUT2D eigenvalue weighted by molar-refractivity contribution is 7.90. The summed E-state index contributed by atoms with van der Waals surface area (Å²) < 4.78 is 27.6. The fraction of sp³-hybridized carbons (Fsp3) is 0.235. The number of benzene rings is 2. The maximum absolute atomic E-state index is 12.0. The first-order chi connectivity index (χ1) is 12.2. The fourth-order valence-electron chi connectivity index (χ4n) is 1.99. The molecule has 26 heavy (non-hydrogen) atoms. The Bertz CT molecular complexity index is 888. The summed E-state index contributed by atoms with van der Waals surface area (Å²) in [5.74, 6) is 0.389. The zero-order valence-electron chi connectivity index (χ0n) is 14.0. The number of amides is 2. The SMILES string of the molecule is CS(=O)(=O)CCOc1cccc(NC(=O)NCc2ccc(Cl)cc2Cl)c1.